The molecule has 0 amide bonds. The van der Waals surface area contributed by atoms with Crippen LogP contribution in [0.4, 0.5) is 0 Å². The molecule has 1 N–H and O–H groups in total. The van der Waals surface area contributed by atoms with Crippen LogP contribution >= 0.6 is 0 Å². The van der Waals surface area contributed by atoms with Crippen LogP contribution in [0.15, 0.2) is 24.3 Å². The van der Waals surface area contributed by atoms with Crippen molar-refractivity contribution in [1.29, 1.82) is 0 Å². The summed E-state index contributed by atoms with van der Waals surface area (Å²) < 4.78 is 5.44. The van der Waals surface area contributed by atoms with Crippen LogP contribution in [0.25, 0.3) is 0 Å². The fourth-order valence-corrected chi connectivity index (χ4v) is 2.39. The van der Waals surface area contributed by atoms with Gasteiger partial charge in [0.15, 0.2) is 0 Å². The van der Waals surface area contributed by atoms with E-state index in [0.717, 1.165) is 32.7 Å². The maximum Gasteiger partial charge on any atom is 0.0466 e. The van der Waals surface area contributed by atoms with Crippen molar-refractivity contribution in [1.82, 2.24) is 5.32 Å². The van der Waals surface area contributed by atoms with Gasteiger partial charge in [-0.2, -0.15) is 0 Å². The summed E-state index contributed by atoms with van der Waals surface area (Å²) in [7, 11) is 0. The van der Waals surface area contributed by atoms with Crippen LogP contribution in [-0.2, 0) is 11.2 Å². The highest BCUT2D eigenvalue weighted by atomic mass is 16.5. The van der Waals surface area contributed by atoms with Gasteiger partial charge < -0.3 is 10.1 Å². The molecule has 0 aliphatic heterocycles. The molecular weight excluding hydrogens is 234 g/mol. The van der Waals surface area contributed by atoms with Crippen LogP contribution in [0.1, 0.15) is 37.8 Å². The molecule has 0 radical (unpaired) electrons. The van der Waals surface area contributed by atoms with Crippen LogP contribution in [0.2, 0.25) is 0 Å². The summed E-state index contributed by atoms with van der Waals surface area (Å²) in [6.45, 7) is 10.3. The van der Waals surface area contributed by atoms with E-state index < -0.39 is 0 Å². The number of rotatable bonds is 10. The molecule has 19 heavy (non-hydrogen) atoms. The first-order valence-electron chi connectivity index (χ1n) is 7.60. The van der Waals surface area contributed by atoms with Crippen LogP contribution in [0.5, 0.6) is 0 Å². The van der Waals surface area contributed by atoms with Gasteiger partial charge in [-0.25, -0.2) is 0 Å². The Hall–Kier alpha value is -0.860. The van der Waals surface area contributed by atoms with Crippen LogP contribution in [0.3, 0.4) is 0 Å². The first kappa shape index (κ1) is 16.2. The summed E-state index contributed by atoms with van der Waals surface area (Å²) >= 11 is 0. The second kappa shape index (κ2) is 9.99. The molecule has 0 aliphatic rings. The predicted molar refractivity (Wildman–Crippen MR) is 82.6 cm³/mol. The Morgan fingerprint density at radius 1 is 1.21 bits per heavy atom. The van der Waals surface area contributed by atoms with Crippen molar-refractivity contribution in [3.63, 3.8) is 0 Å². The Morgan fingerprint density at radius 2 is 2.00 bits per heavy atom. The number of aryl methyl sites for hydroxylation is 1. The number of benzene rings is 1. The Kier molecular flexibility index (Phi) is 8.52. The standard InChI is InChI=1S/C17H29NO/c1-4-18-14-16(10-8-12-19-5-2)13-17-11-7-6-9-15(17)3/h6-7,9,11,16,18H,4-5,8,10,12-14H2,1-3H3. The average molecular weight is 263 g/mol. The second-order valence-electron chi connectivity index (χ2n) is 5.14. The summed E-state index contributed by atoms with van der Waals surface area (Å²) in [6.07, 6.45) is 3.57. The van der Waals surface area contributed by atoms with Gasteiger partial charge in [0.25, 0.3) is 0 Å². The van der Waals surface area contributed by atoms with Gasteiger partial charge in [-0.15, -0.1) is 0 Å². The SMILES string of the molecule is CCNCC(CCCOCC)Cc1ccccc1C. The zero-order chi connectivity index (χ0) is 13.9. The lowest BCUT2D eigenvalue weighted by Crippen LogP contribution is -2.24. The van der Waals surface area contributed by atoms with Gasteiger partial charge in [-0.05, 0) is 63.2 Å². The number of hydrogen-bond acceptors (Lipinski definition) is 2. The van der Waals surface area contributed by atoms with Gasteiger partial charge in [-0.1, -0.05) is 31.2 Å². The number of nitrogens with one attached hydrogen (secondary N) is 1. The predicted octanol–water partition coefficient (Wildman–Crippen LogP) is 3.58. The maximum atomic E-state index is 5.44. The van der Waals surface area contributed by atoms with Crippen molar-refractivity contribution < 1.29 is 4.74 Å². The first-order chi connectivity index (χ1) is 9.27. The molecule has 1 rings (SSSR count). The third-order valence-electron chi connectivity index (χ3n) is 3.56. The molecule has 0 aromatic heterocycles. The summed E-state index contributed by atoms with van der Waals surface area (Å²) in [5.74, 6) is 0.710. The average Bonchev–Trinajstić information content (AvgIpc) is 2.43. The molecule has 0 saturated heterocycles. The molecule has 0 heterocycles. The van der Waals surface area contributed by atoms with Crippen molar-refractivity contribution in [3.8, 4) is 0 Å². The fourth-order valence-electron chi connectivity index (χ4n) is 2.39. The van der Waals surface area contributed by atoms with E-state index in [-0.39, 0.29) is 0 Å². The highest BCUT2D eigenvalue weighted by Gasteiger charge is 2.10. The third kappa shape index (κ3) is 6.74. The smallest absolute Gasteiger partial charge is 0.0466 e. The lowest BCUT2D eigenvalue weighted by Gasteiger charge is -2.18. The van der Waals surface area contributed by atoms with E-state index in [9.17, 15) is 0 Å². The van der Waals surface area contributed by atoms with E-state index in [2.05, 4.69) is 50.4 Å². The minimum atomic E-state index is 0.710. The van der Waals surface area contributed by atoms with E-state index in [1.54, 1.807) is 0 Å². The Labute approximate surface area is 118 Å². The van der Waals surface area contributed by atoms with Gasteiger partial charge in [0.1, 0.15) is 0 Å². The summed E-state index contributed by atoms with van der Waals surface area (Å²) in [6, 6.07) is 8.73. The van der Waals surface area contributed by atoms with Crippen molar-refractivity contribution >= 4 is 0 Å². The van der Waals surface area contributed by atoms with Crippen LogP contribution in [-0.4, -0.2) is 26.3 Å². The van der Waals surface area contributed by atoms with Gasteiger partial charge in [-0.3, -0.25) is 0 Å². The summed E-state index contributed by atoms with van der Waals surface area (Å²) in [5.41, 5.74) is 2.90. The van der Waals surface area contributed by atoms with E-state index in [1.807, 2.05) is 0 Å². The van der Waals surface area contributed by atoms with E-state index in [1.165, 1.54) is 24.0 Å². The zero-order valence-electron chi connectivity index (χ0n) is 12.7. The second-order valence-corrected chi connectivity index (χ2v) is 5.14. The van der Waals surface area contributed by atoms with E-state index in [4.69, 9.17) is 4.74 Å². The van der Waals surface area contributed by atoms with Crippen molar-refractivity contribution in [2.75, 3.05) is 26.3 Å². The normalized spacial score (nSPS) is 12.6. The highest BCUT2D eigenvalue weighted by molar-refractivity contribution is 5.25. The van der Waals surface area contributed by atoms with Crippen molar-refractivity contribution in [2.24, 2.45) is 5.92 Å². The molecule has 0 saturated carbocycles. The molecule has 2 nitrogen and oxygen atoms in total. The fraction of sp³-hybridized carbons (Fsp3) is 0.647. The molecule has 0 fully saturated rings. The Balaban J connectivity index is 2.46. The molecule has 0 bridgehead atoms. The molecular formula is C17H29NO. The van der Waals surface area contributed by atoms with Crippen molar-refractivity contribution in [3.05, 3.63) is 35.4 Å². The molecule has 1 atom stereocenters. The van der Waals surface area contributed by atoms with Gasteiger partial charge in [0.2, 0.25) is 0 Å². The highest BCUT2D eigenvalue weighted by Crippen LogP contribution is 2.17. The number of hydrogen-bond donors (Lipinski definition) is 1. The monoisotopic (exact) mass is 263 g/mol. The lowest BCUT2D eigenvalue weighted by molar-refractivity contribution is 0.139. The summed E-state index contributed by atoms with van der Waals surface area (Å²) in [5, 5.41) is 3.49. The first-order valence-corrected chi connectivity index (χ1v) is 7.60. The van der Waals surface area contributed by atoms with Crippen LogP contribution < -0.4 is 5.32 Å². The lowest BCUT2D eigenvalue weighted by atomic mass is 9.92. The third-order valence-corrected chi connectivity index (χ3v) is 3.56. The largest absolute Gasteiger partial charge is 0.382 e. The van der Waals surface area contributed by atoms with Gasteiger partial charge in [0, 0.05) is 13.2 Å². The van der Waals surface area contributed by atoms with E-state index in [0.29, 0.717) is 5.92 Å². The minimum absolute atomic E-state index is 0.710. The van der Waals surface area contributed by atoms with Crippen LogP contribution in [0, 0.1) is 12.8 Å². The molecule has 0 spiro atoms. The number of ether oxygens (including phenoxy) is 1. The van der Waals surface area contributed by atoms with E-state index >= 15 is 0 Å². The molecule has 108 valence electrons. The van der Waals surface area contributed by atoms with Crippen molar-refractivity contribution in [2.45, 2.75) is 40.0 Å². The molecule has 2 heteroatoms. The maximum absolute atomic E-state index is 5.44. The van der Waals surface area contributed by atoms with Gasteiger partial charge >= 0.3 is 0 Å². The Bertz CT molecular complexity index is 338. The molecule has 1 aromatic rings. The minimum Gasteiger partial charge on any atom is -0.382 e. The molecule has 0 aliphatic carbocycles. The Morgan fingerprint density at radius 3 is 2.68 bits per heavy atom. The molecule has 1 aromatic carbocycles. The zero-order valence-corrected chi connectivity index (χ0v) is 12.7. The summed E-state index contributed by atoms with van der Waals surface area (Å²) in [4.78, 5) is 0. The quantitative estimate of drug-likeness (QED) is 0.651. The van der Waals surface area contributed by atoms with Gasteiger partial charge in [0.05, 0.1) is 0 Å². The molecule has 1 unspecified atom stereocenters. The topological polar surface area (TPSA) is 21.3 Å².